The van der Waals surface area contributed by atoms with Crippen molar-refractivity contribution in [3.8, 4) is 0 Å². The van der Waals surface area contributed by atoms with Gasteiger partial charge < -0.3 is 15.8 Å². The summed E-state index contributed by atoms with van der Waals surface area (Å²) in [5.41, 5.74) is 5.75. The highest BCUT2D eigenvalue weighted by atomic mass is 32.2. The highest BCUT2D eigenvalue weighted by molar-refractivity contribution is 7.86. The molecule has 21 heavy (non-hydrogen) atoms. The van der Waals surface area contributed by atoms with Gasteiger partial charge in [0.05, 0.1) is 13.2 Å². The van der Waals surface area contributed by atoms with E-state index in [1.165, 1.54) is 8.61 Å². The van der Waals surface area contributed by atoms with Crippen LogP contribution in [0.3, 0.4) is 0 Å². The van der Waals surface area contributed by atoms with Crippen molar-refractivity contribution < 1.29 is 13.2 Å². The molecule has 0 saturated carbocycles. The van der Waals surface area contributed by atoms with Gasteiger partial charge in [-0.05, 0) is 12.8 Å². The third kappa shape index (κ3) is 5.42. The van der Waals surface area contributed by atoms with E-state index in [9.17, 15) is 8.42 Å². The zero-order valence-electron chi connectivity index (χ0n) is 13.1. The van der Waals surface area contributed by atoms with E-state index in [0.717, 1.165) is 19.3 Å². The van der Waals surface area contributed by atoms with Gasteiger partial charge in [0.2, 0.25) is 0 Å². The second-order valence-electron chi connectivity index (χ2n) is 5.20. The lowest BCUT2D eigenvalue weighted by Crippen LogP contribution is -2.50. The Kier molecular flexibility index (Phi) is 7.36. The van der Waals surface area contributed by atoms with Gasteiger partial charge in [-0.15, -0.1) is 0 Å². The van der Waals surface area contributed by atoms with Crippen LogP contribution in [-0.4, -0.2) is 76.5 Å². The third-order valence-electron chi connectivity index (χ3n) is 3.42. The number of piperidine rings is 1. The number of nitrogens with zero attached hydrogens (tertiary/aromatic N) is 3. The molecule has 0 aromatic heterocycles. The van der Waals surface area contributed by atoms with E-state index in [1.807, 2.05) is 0 Å². The summed E-state index contributed by atoms with van der Waals surface area (Å²) in [6, 6.07) is -0.131. The number of nitrogens with two attached hydrogens (primary N) is 1. The number of guanidine groups is 1. The summed E-state index contributed by atoms with van der Waals surface area (Å²) in [5, 5.41) is 2.92. The van der Waals surface area contributed by atoms with Crippen molar-refractivity contribution in [1.82, 2.24) is 13.9 Å². The largest absolute Gasteiger partial charge is 0.383 e. The fraction of sp³-hybridized carbons (Fsp3) is 0.917. The van der Waals surface area contributed by atoms with E-state index < -0.39 is 10.2 Å². The number of rotatable bonds is 7. The van der Waals surface area contributed by atoms with E-state index in [1.54, 1.807) is 21.2 Å². The quantitative estimate of drug-likeness (QED) is 0.363. The number of hydrogen-bond donors (Lipinski definition) is 2. The summed E-state index contributed by atoms with van der Waals surface area (Å²) in [7, 11) is 1.30. The minimum atomic E-state index is -3.40. The second-order valence-corrected chi connectivity index (χ2v) is 7.29. The van der Waals surface area contributed by atoms with Crippen LogP contribution in [0.5, 0.6) is 0 Å². The molecule has 3 N–H and O–H groups in total. The van der Waals surface area contributed by atoms with Gasteiger partial charge in [0.25, 0.3) is 10.2 Å². The third-order valence-corrected chi connectivity index (χ3v) is 5.41. The highest BCUT2D eigenvalue weighted by Gasteiger charge is 2.33. The van der Waals surface area contributed by atoms with E-state index in [2.05, 4.69) is 10.3 Å². The van der Waals surface area contributed by atoms with Crippen molar-refractivity contribution in [2.45, 2.75) is 25.3 Å². The van der Waals surface area contributed by atoms with Gasteiger partial charge in [-0.1, -0.05) is 6.42 Å². The number of aliphatic imine (C=N–C) groups is 1. The Hall–Kier alpha value is -0.900. The number of ether oxygens (including phenoxy) is 1. The van der Waals surface area contributed by atoms with Crippen LogP contribution in [0.4, 0.5) is 0 Å². The van der Waals surface area contributed by atoms with Gasteiger partial charge >= 0.3 is 0 Å². The smallest absolute Gasteiger partial charge is 0.281 e. The minimum Gasteiger partial charge on any atom is -0.383 e. The zero-order chi connectivity index (χ0) is 15.9. The van der Waals surface area contributed by atoms with Crippen LogP contribution in [0.25, 0.3) is 0 Å². The zero-order valence-corrected chi connectivity index (χ0v) is 13.9. The molecule has 1 rings (SSSR count). The summed E-state index contributed by atoms with van der Waals surface area (Å²) < 4.78 is 32.3. The highest BCUT2D eigenvalue weighted by Crippen LogP contribution is 2.21. The predicted octanol–water partition coefficient (Wildman–Crippen LogP) is -0.802. The van der Waals surface area contributed by atoms with E-state index in [4.69, 9.17) is 10.5 Å². The maximum absolute atomic E-state index is 12.3. The lowest BCUT2D eigenvalue weighted by molar-refractivity contribution is 0.203. The topological polar surface area (TPSA) is 100 Å². The number of nitrogens with one attached hydrogen (secondary N) is 1. The maximum atomic E-state index is 12.3. The lowest BCUT2D eigenvalue weighted by atomic mass is 10.1. The molecule has 1 aliphatic heterocycles. The SMILES string of the molecule is COCCNC(N)=NCC1CCCCN1S(=O)(=O)N(C)C. The van der Waals surface area contributed by atoms with Crippen molar-refractivity contribution in [3.63, 3.8) is 0 Å². The van der Waals surface area contributed by atoms with E-state index >= 15 is 0 Å². The van der Waals surface area contributed by atoms with Gasteiger partial charge in [0, 0.05) is 40.3 Å². The monoisotopic (exact) mass is 321 g/mol. The summed E-state index contributed by atoms with van der Waals surface area (Å²) in [6.45, 7) is 2.04. The van der Waals surface area contributed by atoms with Crippen molar-refractivity contribution in [3.05, 3.63) is 0 Å². The molecule has 0 aliphatic carbocycles. The van der Waals surface area contributed by atoms with Crippen LogP contribution in [-0.2, 0) is 14.9 Å². The summed E-state index contributed by atoms with van der Waals surface area (Å²) in [5.74, 6) is 0.319. The molecule has 1 saturated heterocycles. The molecular weight excluding hydrogens is 294 g/mol. The van der Waals surface area contributed by atoms with E-state index in [0.29, 0.717) is 32.2 Å². The average Bonchev–Trinajstić information content (AvgIpc) is 2.45. The molecule has 0 radical (unpaired) electrons. The fourth-order valence-electron chi connectivity index (χ4n) is 2.21. The molecule has 0 amide bonds. The van der Waals surface area contributed by atoms with Crippen LogP contribution < -0.4 is 11.1 Å². The Labute approximate surface area is 127 Å². The Bertz CT molecular complexity index is 438. The Morgan fingerprint density at radius 3 is 2.81 bits per heavy atom. The molecule has 8 nitrogen and oxygen atoms in total. The first kappa shape index (κ1) is 18.1. The molecule has 1 aliphatic rings. The average molecular weight is 321 g/mol. The molecule has 1 fully saturated rings. The van der Waals surface area contributed by atoms with Gasteiger partial charge in [-0.25, -0.2) is 0 Å². The van der Waals surface area contributed by atoms with Crippen molar-refractivity contribution >= 4 is 16.2 Å². The summed E-state index contributed by atoms with van der Waals surface area (Å²) in [4.78, 5) is 4.25. The van der Waals surface area contributed by atoms with Gasteiger partial charge in [-0.3, -0.25) is 4.99 Å². The lowest BCUT2D eigenvalue weighted by Gasteiger charge is -2.35. The minimum absolute atomic E-state index is 0.131. The molecule has 0 aromatic rings. The Balaban J connectivity index is 2.64. The van der Waals surface area contributed by atoms with Gasteiger partial charge in [0.1, 0.15) is 0 Å². The van der Waals surface area contributed by atoms with Crippen LogP contribution in [0.1, 0.15) is 19.3 Å². The Morgan fingerprint density at radius 1 is 1.48 bits per heavy atom. The maximum Gasteiger partial charge on any atom is 0.281 e. The summed E-state index contributed by atoms with van der Waals surface area (Å²) >= 11 is 0. The molecule has 0 spiro atoms. The normalized spacial score (nSPS) is 21.7. The second kappa shape index (κ2) is 8.52. The number of hydrogen-bond acceptors (Lipinski definition) is 4. The van der Waals surface area contributed by atoms with Crippen molar-refractivity contribution in [1.29, 1.82) is 0 Å². The van der Waals surface area contributed by atoms with Gasteiger partial charge in [0.15, 0.2) is 5.96 Å². The molecule has 124 valence electrons. The van der Waals surface area contributed by atoms with Crippen LogP contribution >= 0.6 is 0 Å². The standard InChI is InChI=1S/C12H27N5O3S/c1-16(2)21(18,19)17-8-5-4-6-11(17)10-15-12(13)14-7-9-20-3/h11H,4-10H2,1-3H3,(H3,13,14,15). The van der Waals surface area contributed by atoms with Crippen LogP contribution in [0.15, 0.2) is 4.99 Å². The number of methoxy groups -OCH3 is 1. The fourth-order valence-corrected chi connectivity index (χ4v) is 3.54. The molecule has 9 heteroatoms. The van der Waals surface area contributed by atoms with Crippen molar-refractivity contribution in [2.24, 2.45) is 10.7 Å². The first-order valence-electron chi connectivity index (χ1n) is 7.11. The van der Waals surface area contributed by atoms with Crippen molar-refractivity contribution in [2.75, 3.05) is 47.4 Å². The summed E-state index contributed by atoms with van der Waals surface area (Å²) in [6.07, 6.45) is 2.70. The predicted molar refractivity (Wildman–Crippen MR) is 83.3 cm³/mol. The molecule has 0 aromatic carbocycles. The van der Waals surface area contributed by atoms with Crippen LogP contribution in [0, 0.1) is 0 Å². The Morgan fingerprint density at radius 2 is 2.19 bits per heavy atom. The van der Waals surface area contributed by atoms with Gasteiger partial charge in [-0.2, -0.15) is 17.0 Å². The first-order chi connectivity index (χ1) is 9.89. The molecule has 1 heterocycles. The molecule has 0 bridgehead atoms. The van der Waals surface area contributed by atoms with E-state index in [-0.39, 0.29) is 6.04 Å². The molecule has 1 atom stereocenters. The molecular formula is C12H27N5O3S. The van der Waals surface area contributed by atoms with Crippen LogP contribution in [0.2, 0.25) is 0 Å². The molecule has 1 unspecified atom stereocenters. The first-order valence-corrected chi connectivity index (χ1v) is 8.51.